The number of carbonyl (C=O) groups is 1. The number of nitrogens with zero attached hydrogens (tertiary/aromatic N) is 1. The lowest BCUT2D eigenvalue weighted by Gasteiger charge is -2.10. The molecule has 0 fully saturated rings. The zero-order valence-electron chi connectivity index (χ0n) is 13.1. The van der Waals surface area contributed by atoms with E-state index in [4.69, 9.17) is 4.74 Å². The van der Waals surface area contributed by atoms with Crippen molar-refractivity contribution in [3.8, 4) is 5.75 Å². The van der Waals surface area contributed by atoms with E-state index >= 15 is 0 Å². The van der Waals surface area contributed by atoms with Crippen molar-refractivity contribution in [1.29, 1.82) is 0 Å². The number of hydrogen-bond acceptors (Lipinski definition) is 3. The summed E-state index contributed by atoms with van der Waals surface area (Å²) < 4.78 is 5.26. The van der Waals surface area contributed by atoms with Gasteiger partial charge in [-0.1, -0.05) is 0 Å². The fourth-order valence-corrected chi connectivity index (χ4v) is 2.36. The van der Waals surface area contributed by atoms with Gasteiger partial charge in [-0.25, -0.2) is 0 Å². The Balaban J connectivity index is 2.13. The van der Waals surface area contributed by atoms with Gasteiger partial charge in [0.05, 0.1) is 13.5 Å². The number of benzene rings is 1. The zero-order chi connectivity index (χ0) is 15.4. The molecule has 21 heavy (non-hydrogen) atoms. The molecule has 2 aromatic rings. The minimum atomic E-state index is 0.0451. The largest absolute Gasteiger partial charge is 0.497 e. The quantitative estimate of drug-likeness (QED) is 0.851. The molecule has 0 saturated heterocycles. The zero-order valence-corrected chi connectivity index (χ0v) is 13.1. The number of carbonyl (C=O) groups excluding carboxylic acids is 1. The lowest BCUT2D eigenvalue weighted by Crippen LogP contribution is -2.32. The summed E-state index contributed by atoms with van der Waals surface area (Å²) in [5.74, 6) is 0.847. The Labute approximate surface area is 125 Å². The molecule has 1 amide bonds. The van der Waals surface area contributed by atoms with Gasteiger partial charge in [0.15, 0.2) is 0 Å². The van der Waals surface area contributed by atoms with Crippen molar-refractivity contribution in [1.82, 2.24) is 15.2 Å². The molecule has 0 radical (unpaired) electrons. The highest BCUT2D eigenvalue weighted by molar-refractivity contribution is 5.90. The Morgan fingerprint density at radius 2 is 2.14 bits per heavy atom. The topological polar surface area (TPSA) is 57.4 Å². The summed E-state index contributed by atoms with van der Waals surface area (Å²) in [5, 5.41) is 4.00. The summed E-state index contributed by atoms with van der Waals surface area (Å²) in [4.78, 5) is 17.4. The highest BCUT2D eigenvalue weighted by atomic mass is 16.5. The summed E-state index contributed by atoms with van der Waals surface area (Å²) in [5.41, 5.74) is 3.09. The average Bonchev–Trinajstić information content (AvgIpc) is 2.74. The van der Waals surface area contributed by atoms with Crippen LogP contribution >= 0.6 is 0 Å². The van der Waals surface area contributed by atoms with Gasteiger partial charge in [-0.05, 0) is 44.8 Å². The summed E-state index contributed by atoms with van der Waals surface area (Å²) in [6, 6.07) is 5.87. The van der Waals surface area contributed by atoms with Crippen LogP contribution < -0.4 is 10.1 Å². The number of hydrogen-bond donors (Lipinski definition) is 2. The molecule has 0 aliphatic rings. The smallest absolute Gasteiger partial charge is 0.224 e. The Hall–Kier alpha value is -2.01. The van der Waals surface area contributed by atoms with Gasteiger partial charge in [-0.3, -0.25) is 4.79 Å². The summed E-state index contributed by atoms with van der Waals surface area (Å²) >= 11 is 0. The van der Waals surface area contributed by atoms with Crippen LogP contribution in [0.4, 0.5) is 0 Å². The Kier molecular flexibility index (Phi) is 4.85. The Bertz CT molecular complexity index is 632. The van der Waals surface area contributed by atoms with Crippen LogP contribution in [-0.4, -0.2) is 50.1 Å². The van der Waals surface area contributed by atoms with Gasteiger partial charge in [0.1, 0.15) is 5.75 Å². The molecule has 0 spiro atoms. The normalized spacial score (nSPS) is 11.1. The van der Waals surface area contributed by atoms with E-state index in [0.29, 0.717) is 13.0 Å². The highest BCUT2D eigenvalue weighted by Gasteiger charge is 2.13. The molecule has 2 rings (SSSR count). The Morgan fingerprint density at radius 1 is 1.38 bits per heavy atom. The fraction of sp³-hybridized carbons (Fsp3) is 0.438. The molecule has 0 bridgehead atoms. The minimum Gasteiger partial charge on any atom is -0.497 e. The van der Waals surface area contributed by atoms with E-state index in [1.54, 1.807) is 7.11 Å². The minimum absolute atomic E-state index is 0.0451. The van der Waals surface area contributed by atoms with E-state index in [9.17, 15) is 4.79 Å². The molecule has 114 valence electrons. The monoisotopic (exact) mass is 289 g/mol. The maximum absolute atomic E-state index is 12.1. The number of amides is 1. The lowest BCUT2D eigenvalue weighted by atomic mass is 10.1. The molecule has 1 aromatic carbocycles. The first-order valence-electron chi connectivity index (χ1n) is 7.08. The van der Waals surface area contributed by atoms with Gasteiger partial charge >= 0.3 is 0 Å². The van der Waals surface area contributed by atoms with E-state index < -0.39 is 0 Å². The number of H-pyrrole nitrogens is 1. The molecular weight excluding hydrogens is 266 g/mol. The van der Waals surface area contributed by atoms with E-state index in [0.717, 1.165) is 34.5 Å². The number of likely N-dealkylation sites (N-methyl/N-ethyl adjacent to an activating group) is 1. The third-order valence-electron chi connectivity index (χ3n) is 3.55. The van der Waals surface area contributed by atoms with E-state index in [1.165, 1.54) is 0 Å². The molecule has 0 unspecified atom stereocenters. The fourth-order valence-electron chi connectivity index (χ4n) is 2.36. The van der Waals surface area contributed by atoms with Crippen molar-refractivity contribution >= 4 is 16.8 Å². The van der Waals surface area contributed by atoms with E-state index in [2.05, 4.69) is 10.3 Å². The number of ether oxygens (including phenoxy) is 1. The number of aromatic nitrogens is 1. The van der Waals surface area contributed by atoms with Crippen molar-refractivity contribution < 1.29 is 9.53 Å². The number of aryl methyl sites for hydroxylation is 1. The van der Waals surface area contributed by atoms with Crippen LogP contribution in [0, 0.1) is 6.92 Å². The maximum atomic E-state index is 12.1. The van der Waals surface area contributed by atoms with Crippen LogP contribution in [0.1, 0.15) is 11.3 Å². The van der Waals surface area contributed by atoms with Gasteiger partial charge in [0.25, 0.3) is 0 Å². The second kappa shape index (κ2) is 6.63. The van der Waals surface area contributed by atoms with Gasteiger partial charge in [-0.15, -0.1) is 0 Å². The maximum Gasteiger partial charge on any atom is 0.224 e. The number of fused-ring (bicyclic) bond motifs is 1. The van der Waals surface area contributed by atoms with Crippen molar-refractivity contribution in [3.05, 3.63) is 29.5 Å². The van der Waals surface area contributed by atoms with Gasteiger partial charge in [0.2, 0.25) is 5.91 Å². The number of aromatic amines is 1. The standard InChI is InChI=1S/C16H23N3O2/c1-11-13(10-16(20)17-7-8-19(2)3)14-9-12(21-4)5-6-15(14)18-11/h5-6,9,18H,7-8,10H2,1-4H3,(H,17,20). The highest BCUT2D eigenvalue weighted by Crippen LogP contribution is 2.26. The van der Waals surface area contributed by atoms with Crippen LogP contribution in [0.2, 0.25) is 0 Å². The first kappa shape index (κ1) is 15.4. The molecule has 0 aliphatic heterocycles. The number of rotatable bonds is 6. The van der Waals surface area contributed by atoms with Crippen LogP contribution in [0.5, 0.6) is 5.75 Å². The summed E-state index contributed by atoms with van der Waals surface area (Å²) in [6.07, 6.45) is 0.381. The third kappa shape index (κ3) is 3.76. The van der Waals surface area contributed by atoms with Crippen molar-refractivity contribution in [2.75, 3.05) is 34.3 Å². The van der Waals surface area contributed by atoms with Crippen LogP contribution in [0.25, 0.3) is 10.9 Å². The van der Waals surface area contributed by atoms with Crippen molar-refractivity contribution in [3.63, 3.8) is 0 Å². The third-order valence-corrected chi connectivity index (χ3v) is 3.55. The molecule has 5 nitrogen and oxygen atoms in total. The molecule has 0 atom stereocenters. The van der Waals surface area contributed by atoms with Crippen LogP contribution in [0.3, 0.4) is 0 Å². The van der Waals surface area contributed by atoms with Gasteiger partial charge in [-0.2, -0.15) is 0 Å². The molecule has 2 N–H and O–H groups in total. The lowest BCUT2D eigenvalue weighted by molar-refractivity contribution is -0.120. The molecule has 0 saturated carbocycles. The van der Waals surface area contributed by atoms with E-state index in [-0.39, 0.29) is 5.91 Å². The van der Waals surface area contributed by atoms with Crippen LogP contribution in [-0.2, 0) is 11.2 Å². The first-order chi connectivity index (χ1) is 10.0. The average molecular weight is 289 g/mol. The predicted molar refractivity (Wildman–Crippen MR) is 84.9 cm³/mol. The van der Waals surface area contributed by atoms with Crippen molar-refractivity contribution in [2.24, 2.45) is 0 Å². The first-order valence-corrected chi connectivity index (χ1v) is 7.08. The number of methoxy groups -OCH3 is 1. The van der Waals surface area contributed by atoms with E-state index in [1.807, 2.05) is 44.1 Å². The van der Waals surface area contributed by atoms with Crippen LogP contribution in [0.15, 0.2) is 18.2 Å². The second-order valence-electron chi connectivity index (χ2n) is 5.47. The predicted octanol–water partition coefficient (Wildman–Crippen LogP) is 1.71. The molecule has 0 aliphatic carbocycles. The SMILES string of the molecule is COc1ccc2[nH]c(C)c(CC(=O)NCCN(C)C)c2c1. The van der Waals surface area contributed by atoms with Gasteiger partial charge < -0.3 is 19.9 Å². The van der Waals surface area contributed by atoms with Gasteiger partial charge in [0, 0.05) is 29.7 Å². The second-order valence-corrected chi connectivity index (χ2v) is 5.47. The Morgan fingerprint density at radius 3 is 2.81 bits per heavy atom. The molecule has 1 heterocycles. The molecule has 1 aromatic heterocycles. The number of nitrogens with one attached hydrogen (secondary N) is 2. The summed E-state index contributed by atoms with van der Waals surface area (Å²) in [6.45, 7) is 3.50. The molecular formula is C16H23N3O2. The summed E-state index contributed by atoms with van der Waals surface area (Å²) in [7, 11) is 5.62. The van der Waals surface area contributed by atoms with Crippen molar-refractivity contribution in [2.45, 2.75) is 13.3 Å². The molecule has 5 heteroatoms.